The van der Waals surface area contributed by atoms with Crippen molar-refractivity contribution in [2.45, 2.75) is 39.3 Å². The number of aliphatic hydroxyl groups is 1. The first-order valence-corrected chi connectivity index (χ1v) is 6.28. The molecule has 6 heteroatoms. The van der Waals surface area contributed by atoms with Gasteiger partial charge in [0.15, 0.2) is 0 Å². The molecule has 1 atom stereocenters. The van der Waals surface area contributed by atoms with Crippen LogP contribution < -0.4 is 5.32 Å². The van der Waals surface area contributed by atoms with E-state index in [1.54, 1.807) is 6.07 Å². The summed E-state index contributed by atoms with van der Waals surface area (Å²) in [6.07, 6.45) is -0.709. The number of hydrogen-bond donors (Lipinski definition) is 2. The zero-order valence-electron chi connectivity index (χ0n) is 12.2. The summed E-state index contributed by atoms with van der Waals surface area (Å²) in [7, 11) is 1.50. The first kappa shape index (κ1) is 15.7. The van der Waals surface area contributed by atoms with Crippen LogP contribution in [0.3, 0.4) is 0 Å². The lowest BCUT2D eigenvalue weighted by molar-refractivity contribution is 0.0608. The van der Waals surface area contributed by atoms with Gasteiger partial charge in [0.1, 0.15) is 5.69 Å². The Labute approximate surface area is 113 Å². The van der Waals surface area contributed by atoms with Crippen molar-refractivity contribution in [3.63, 3.8) is 0 Å². The summed E-state index contributed by atoms with van der Waals surface area (Å²) in [6, 6.07) is 1.74. The monoisotopic (exact) mass is 269 g/mol. The van der Waals surface area contributed by atoms with Crippen molar-refractivity contribution in [2.75, 3.05) is 20.3 Å². The Balaban J connectivity index is 2.68. The van der Waals surface area contributed by atoms with E-state index < -0.39 is 6.10 Å². The van der Waals surface area contributed by atoms with Crippen LogP contribution in [0.15, 0.2) is 6.07 Å². The van der Waals surface area contributed by atoms with Crippen molar-refractivity contribution in [1.29, 1.82) is 0 Å². The number of aromatic nitrogens is 2. The van der Waals surface area contributed by atoms with Gasteiger partial charge in [0.2, 0.25) is 0 Å². The van der Waals surface area contributed by atoms with Gasteiger partial charge in [-0.25, -0.2) is 0 Å². The Kier molecular flexibility index (Phi) is 5.08. The summed E-state index contributed by atoms with van der Waals surface area (Å²) < 4.78 is 6.60. The van der Waals surface area contributed by atoms with Gasteiger partial charge in [0.25, 0.3) is 5.91 Å². The molecule has 6 nitrogen and oxygen atoms in total. The molecule has 0 saturated carbocycles. The van der Waals surface area contributed by atoms with Crippen LogP contribution in [0.2, 0.25) is 0 Å². The molecule has 1 heterocycles. The standard InChI is InChI=1S/C13H23N3O3/c1-9-6-11(15-16(9)13(2,3)4)12(18)14-7-10(17)8-19-5/h6,10,17H,7-8H2,1-5H3,(H,14,18). The molecule has 108 valence electrons. The maximum Gasteiger partial charge on any atom is 0.271 e. The molecule has 0 saturated heterocycles. The largest absolute Gasteiger partial charge is 0.389 e. The fourth-order valence-electron chi connectivity index (χ4n) is 1.82. The minimum atomic E-state index is -0.709. The van der Waals surface area contributed by atoms with Gasteiger partial charge >= 0.3 is 0 Å². The van der Waals surface area contributed by atoms with Crippen LogP contribution in [-0.4, -0.2) is 47.2 Å². The van der Waals surface area contributed by atoms with Crippen LogP contribution in [0, 0.1) is 6.92 Å². The number of nitrogens with one attached hydrogen (secondary N) is 1. The fourth-order valence-corrected chi connectivity index (χ4v) is 1.82. The highest BCUT2D eigenvalue weighted by atomic mass is 16.5. The Bertz CT molecular complexity index is 435. The lowest BCUT2D eigenvalue weighted by Crippen LogP contribution is -2.34. The van der Waals surface area contributed by atoms with E-state index in [0.29, 0.717) is 5.69 Å². The highest BCUT2D eigenvalue weighted by molar-refractivity contribution is 5.92. The predicted molar refractivity (Wildman–Crippen MR) is 72.2 cm³/mol. The minimum Gasteiger partial charge on any atom is -0.389 e. The zero-order valence-corrected chi connectivity index (χ0v) is 12.2. The highest BCUT2D eigenvalue weighted by Crippen LogP contribution is 2.16. The van der Waals surface area contributed by atoms with Crippen LogP contribution in [0.25, 0.3) is 0 Å². The predicted octanol–water partition coefficient (Wildman–Crippen LogP) is 0.684. The van der Waals surface area contributed by atoms with Crippen molar-refractivity contribution < 1.29 is 14.6 Å². The van der Waals surface area contributed by atoms with Crippen LogP contribution >= 0.6 is 0 Å². The lowest BCUT2D eigenvalue weighted by atomic mass is 10.1. The van der Waals surface area contributed by atoms with Gasteiger partial charge in [-0.3, -0.25) is 9.48 Å². The van der Waals surface area contributed by atoms with Gasteiger partial charge in [0, 0.05) is 19.3 Å². The van der Waals surface area contributed by atoms with Gasteiger partial charge in [-0.05, 0) is 33.8 Å². The molecule has 1 amide bonds. The quantitative estimate of drug-likeness (QED) is 0.824. The number of rotatable bonds is 5. The number of aliphatic hydroxyl groups excluding tert-OH is 1. The number of methoxy groups -OCH3 is 1. The maximum atomic E-state index is 11.9. The summed E-state index contributed by atoms with van der Waals surface area (Å²) in [5.41, 5.74) is 1.12. The molecule has 0 fully saturated rings. The van der Waals surface area contributed by atoms with E-state index >= 15 is 0 Å². The molecule has 0 bridgehead atoms. The first-order chi connectivity index (χ1) is 8.75. The van der Waals surface area contributed by atoms with E-state index in [9.17, 15) is 9.90 Å². The molecule has 1 unspecified atom stereocenters. The highest BCUT2D eigenvalue weighted by Gasteiger charge is 2.20. The minimum absolute atomic E-state index is 0.147. The van der Waals surface area contributed by atoms with E-state index in [4.69, 9.17) is 4.74 Å². The van der Waals surface area contributed by atoms with Gasteiger partial charge in [-0.1, -0.05) is 0 Å². The molecule has 0 aliphatic heterocycles. The van der Waals surface area contributed by atoms with Crippen molar-refractivity contribution >= 4 is 5.91 Å². The number of aryl methyl sites for hydroxylation is 1. The third kappa shape index (κ3) is 4.33. The molecule has 2 N–H and O–H groups in total. The number of hydrogen-bond acceptors (Lipinski definition) is 4. The van der Waals surface area contributed by atoms with Gasteiger partial charge in [0.05, 0.1) is 18.2 Å². The Morgan fingerprint density at radius 1 is 1.58 bits per heavy atom. The first-order valence-electron chi connectivity index (χ1n) is 6.28. The van der Waals surface area contributed by atoms with E-state index in [1.165, 1.54) is 7.11 Å². The average molecular weight is 269 g/mol. The lowest BCUT2D eigenvalue weighted by Gasteiger charge is -2.21. The van der Waals surface area contributed by atoms with E-state index in [1.807, 2.05) is 32.4 Å². The molecule has 0 aromatic carbocycles. The fraction of sp³-hybridized carbons (Fsp3) is 0.692. The molecule has 0 aliphatic rings. The molecular formula is C13H23N3O3. The van der Waals surface area contributed by atoms with Crippen molar-refractivity contribution in [1.82, 2.24) is 15.1 Å². The molecule has 1 aromatic rings. The van der Waals surface area contributed by atoms with Crippen LogP contribution in [0.1, 0.15) is 37.0 Å². The third-order valence-corrected chi connectivity index (χ3v) is 2.61. The Morgan fingerprint density at radius 2 is 2.21 bits per heavy atom. The molecular weight excluding hydrogens is 246 g/mol. The summed E-state index contributed by atoms with van der Waals surface area (Å²) in [4.78, 5) is 11.9. The molecule has 0 aliphatic carbocycles. The van der Waals surface area contributed by atoms with E-state index in [0.717, 1.165) is 5.69 Å². The number of carbonyl (C=O) groups is 1. The van der Waals surface area contributed by atoms with Gasteiger partial charge < -0.3 is 15.2 Å². The Morgan fingerprint density at radius 3 is 2.68 bits per heavy atom. The third-order valence-electron chi connectivity index (χ3n) is 2.61. The van der Waals surface area contributed by atoms with Crippen LogP contribution in [0.5, 0.6) is 0 Å². The number of nitrogens with zero attached hydrogens (tertiary/aromatic N) is 2. The molecule has 0 spiro atoms. The van der Waals surface area contributed by atoms with Crippen LogP contribution in [0.4, 0.5) is 0 Å². The van der Waals surface area contributed by atoms with E-state index in [-0.39, 0.29) is 24.6 Å². The molecule has 0 radical (unpaired) electrons. The smallest absolute Gasteiger partial charge is 0.271 e. The maximum absolute atomic E-state index is 11.9. The number of ether oxygens (including phenoxy) is 1. The van der Waals surface area contributed by atoms with Crippen molar-refractivity contribution in [3.8, 4) is 0 Å². The van der Waals surface area contributed by atoms with Crippen molar-refractivity contribution in [2.24, 2.45) is 0 Å². The summed E-state index contributed by atoms with van der Waals surface area (Å²) in [5, 5.41) is 16.4. The topological polar surface area (TPSA) is 76.4 Å². The SMILES string of the molecule is COCC(O)CNC(=O)c1cc(C)n(C(C)(C)C)n1. The molecule has 1 aromatic heterocycles. The van der Waals surface area contributed by atoms with Gasteiger partial charge in [-0.15, -0.1) is 0 Å². The Hall–Kier alpha value is -1.40. The summed E-state index contributed by atoms with van der Waals surface area (Å²) >= 11 is 0. The summed E-state index contributed by atoms with van der Waals surface area (Å²) in [6.45, 7) is 8.32. The van der Waals surface area contributed by atoms with E-state index in [2.05, 4.69) is 10.4 Å². The second-order valence-electron chi connectivity index (χ2n) is 5.57. The second kappa shape index (κ2) is 6.16. The zero-order chi connectivity index (χ0) is 14.6. The van der Waals surface area contributed by atoms with Crippen molar-refractivity contribution in [3.05, 3.63) is 17.5 Å². The molecule has 19 heavy (non-hydrogen) atoms. The number of carbonyl (C=O) groups excluding carboxylic acids is 1. The van der Waals surface area contributed by atoms with Gasteiger partial charge in [-0.2, -0.15) is 5.10 Å². The summed E-state index contributed by atoms with van der Waals surface area (Å²) in [5.74, 6) is -0.291. The normalized spacial score (nSPS) is 13.4. The molecule has 1 rings (SSSR count). The average Bonchev–Trinajstić information content (AvgIpc) is 2.68. The number of amides is 1. The second-order valence-corrected chi connectivity index (χ2v) is 5.57. The van der Waals surface area contributed by atoms with Crippen LogP contribution in [-0.2, 0) is 10.3 Å².